The fourth-order valence-corrected chi connectivity index (χ4v) is 5.13. The molecule has 2 aliphatic heterocycles. The fourth-order valence-electron chi connectivity index (χ4n) is 3.57. The van der Waals surface area contributed by atoms with Crippen molar-refractivity contribution in [2.24, 2.45) is 0 Å². The van der Waals surface area contributed by atoms with E-state index in [2.05, 4.69) is 39.1 Å². The highest BCUT2D eigenvalue weighted by atomic mass is 32.1. The molecule has 2 saturated heterocycles. The first-order chi connectivity index (χ1) is 9.81. The summed E-state index contributed by atoms with van der Waals surface area (Å²) in [7, 11) is 0. The SMILES string of the molecule is Cc1ccc(CN2CC[C@@H]3[C@@H]2CCN3c2nncs2)s1. The molecule has 2 aromatic rings. The van der Waals surface area contributed by atoms with Crippen LogP contribution in [0.15, 0.2) is 17.6 Å². The van der Waals surface area contributed by atoms with Gasteiger partial charge in [-0.1, -0.05) is 11.3 Å². The number of nitrogens with zero attached hydrogens (tertiary/aromatic N) is 4. The van der Waals surface area contributed by atoms with Gasteiger partial charge >= 0.3 is 0 Å². The minimum absolute atomic E-state index is 0.643. The molecular weight excluding hydrogens is 288 g/mol. The summed E-state index contributed by atoms with van der Waals surface area (Å²) in [4.78, 5) is 8.05. The Morgan fingerprint density at radius 3 is 2.90 bits per heavy atom. The lowest BCUT2D eigenvalue weighted by Crippen LogP contribution is -2.36. The Bertz CT molecular complexity index is 580. The topological polar surface area (TPSA) is 32.3 Å². The zero-order valence-electron chi connectivity index (χ0n) is 11.5. The number of hydrogen-bond acceptors (Lipinski definition) is 6. The molecule has 4 rings (SSSR count). The normalized spacial score (nSPS) is 26.4. The third kappa shape index (κ3) is 2.16. The molecule has 0 radical (unpaired) electrons. The number of aromatic nitrogens is 2. The van der Waals surface area contributed by atoms with Crippen molar-refractivity contribution in [3.8, 4) is 0 Å². The molecule has 0 N–H and O–H groups in total. The first-order valence-corrected chi connectivity index (χ1v) is 8.83. The first-order valence-electron chi connectivity index (χ1n) is 7.13. The van der Waals surface area contributed by atoms with Crippen molar-refractivity contribution in [3.05, 3.63) is 27.4 Å². The summed E-state index contributed by atoms with van der Waals surface area (Å²) in [5, 5.41) is 9.34. The van der Waals surface area contributed by atoms with Crippen molar-refractivity contribution in [1.82, 2.24) is 15.1 Å². The van der Waals surface area contributed by atoms with Gasteiger partial charge in [0.15, 0.2) is 0 Å². The van der Waals surface area contributed by atoms with E-state index in [1.54, 1.807) is 11.3 Å². The van der Waals surface area contributed by atoms with Crippen LogP contribution in [0.1, 0.15) is 22.6 Å². The predicted molar refractivity (Wildman–Crippen MR) is 83.5 cm³/mol. The maximum absolute atomic E-state index is 4.25. The second-order valence-corrected chi connectivity index (χ2v) is 7.79. The van der Waals surface area contributed by atoms with Crippen molar-refractivity contribution in [3.63, 3.8) is 0 Å². The average Bonchev–Trinajstić information content (AvgIpc) is 3.16. The monoisotopic (exact) mass is 306 g/mol. The van der Waals surface area contributed by atoms with Gasteiger partial charge in [0.2, 0.25) is 5.13 Å². The summed E-state index contributed by atoms with van der Waals surface area (Å²) in [5.41, 5.74) is 1.84. The Labute approximate surface area is 127 Å². The molecule has 2 aliphatic rings. The molecule has 0 aliphatic carbocycles. The van der Waals surface area contributed by atoms with Crippen LogP contribution in [0.3, 0.4) is 0 Å². The van der Waals surface area contributed by atoms with E-state index in [4.69, 9.17) is 0 Å². The zero-order valence-corrected chi connectivity index (χ0v) is 13.2. The molecule has 2 atom stereocenters. The van der Waals surface area contributed by atoms with E-state index >= 15 is 0 Å². The summed E-state index contributed by atoms with van der Waals surface area (Å²) in [6.07, 6.45) is 2.52. The zero-order chi connectivity index (χ0) is 13.5. The van der Waals surface area contributed by atoms with Gasteiger partial charge in [-0.25, -0.2) is 0 Å². The Balaban J connectivity index is 1.48. The van der Waals surface area contributed by atoms with E-state index in [9.17, 15) is 0 Å². The molecule has 4 heterocycles. The van der Waals surface area contributed by atoms with Gasteiger partial charge in [-0.2, -0.15) is 0 Å². The fraction of sp³-hybridized carbons (Fsp3) is 0.571. The summed E-state index contributed by atoms with van der Waals surface area (Å²) < 4.78 is 0. The van der Waals surface area contributed by atoms with Crippen LogP contribution >= 0.6 is 22.7 Å². The highest BCUT2D eigenvalue weighted by Crippen LogP contribution is 2.36. The number of thiophene rings is 1. The molecule has 20 heavy (non-hydrogen) atoms. The summed E-state index contributed by atoms with van der Waals surface area (Å²) in [6, 6.07) is 5.85. The minimum atomic E-state index is 0.643. The van der Waals surface area contributed by atoms with Crippen LogP contribution in [-0.2, 0) is 6.54 Å². The van der Waals surface area contributed by atoms with Crippen LogP contribution in [0.25, 0.3) is 0 Å². The Morgan fingerprint density at radius 2 is 2.15 bits per heavy atom. The van der Waals surface area contributed by atoms with Gasteiger partial charge in [-0.05, 0) is 31.9 Å². The smallest absolute Gasteiger partial charge is 0.208 e. The molecule has 4 nitrogen and oxygen atoms in total. The van der Waals surface area contributed by atoms with Crippen LogP contribution in [0.5, 0.6) is 0 Å². The van der Waals surface area contributed by atoms with Crippen LogP contribution in [0.2, 0.25) is 0 Å². The van der Waals surface area contributed by atoms with E-state index in [1.165, 1.54) is 29.1 Å². The lowest BCUT2D eigenvalue weighted by atomic mass is 10.1. The number of aryl methyl sites for hydroxylation is 1. The van der Waals surface area contributed by atoms with Gasteiger partial charge in [0, 0.05) is 41.5 Å². The Morgan fingerprint density at radius 1 is 1.25 bits per heavy atom. The van der Waals surface area contributed by atoms with Crippen molar-refractivity contribution < 1.29 is 0 Å². The number of hydrogen-bond donors (Lipinski definition) is 0. The van der Waals surface area contributed by atoms with Crippen molar-refractivity contribution in [1.29, 1.82) is 0 Å². The van der Waals surface area contributed by atoms with Gasteiger partial charge in [0.1, 0.15) is 5.51 Å². The summed E-state index contributed by atoms with van der Waals surface area (Å²) in [6.45, 7) is 5.64. The van der Waals surface area contributed by atoms with Crippen LogP contribution in [-0.4, -0.2) is 40.3 Å². The second kappa shape index (κ2) is 5.09. The standard InChI is InChI=1S/C14H18N4S2/c1-10-2-3-11(20-10)8-17-6-4-13-12(17)5-7-18(13)14-16-15-9-19-14/h2-3,9,12-13H,4-8H2,1H3/t12-,13+/m0/s1. The van der Waals surface area contributed by atoms with Crippen LogP contribution < -0.4 is 4.90 Å². The molecule has 0 amide bonds. The Kier molecular flexibility index (Phi) is 3.24. The van der Waals surface area contributed by atoms with E-state index in [0.29, 0.717) is 12.1 Å². The van der Waals surface area contributed by atoms with Gasteiger partial charge < -0.3 is 4.90 Å². The number of anilines is 1. The predicted octanol–water partition coefficient (Wildman–Crippen LogP) is 2.76. The van der Waals surface area contributed by atoms with Crippen LogP contribution in [0.4, 0.5) is 5.13 Å². The molecule has 2 fully saturated rings. The lowest BCUT2D eigenvalue weighted by Gasteiger charge is -2.24. The van der Waals surface area contributed by atoms with Crippen molar-refractivity contribution in [2.45, 2.75) is 38.4 Å². The number of fused-ring (bicyclic) bond motifs is 1. The average molecular weight is 306 g/mol. The maximum Gasteiger partial charge on any atom is 0.208 e. The quantitative estimate of drug-likeness (QED) is 0.873. The van der Waals surface area contributed by atoms with Crippen molar-refractivity contribution >= 4 is 27.8 Å². The lowest BCUT2D eigenvalue weighted by molar-refractivity contribution is 0.248. The number of rotatable bonds is 3. The highest BCUT2D eigenvalue weighted by molar-refractivity contribution is 7.13. The molecule has 0 aromatic carbocycles. The second-order valence-electron chi connectivity index (χ2n) is 5.61. The van der Waals surface area contributed by atoms with E-state index in [1.807, 2.05) is 16.8 Å². The highest BCUT2D eigenvalue weighted by Gasteiger charge is 2.43. The molecule has 2 aromatic heterocycles. The molecule has 106 valence electrons. The molecule has 6 heteroatoms. The molecular formula is C14H18N4S2. The van der Waals surface area contributed by atoms with E-state index < -0.39 is 0 Å². The van der Waals surface area contributed by atoms with Gasteiger partial charge in [0.25, 0.3) is 0 Å². The summed E-state index contributed by atoms with van der Waals surface area (Å²) in [5.74, 6) is 0. The molecule has 0 spiro atoms. The van der Waals surface area contributed by atoms with E-state index in [0.717, 1.165) is 18.2 Å². The third-order valence-electron chi connectivity index (χ3n) is 4.44. The molecule has 0 saturated carbocycles. The number of likely N-dealkylation sites (tertiary alicyclic amines) is 1. The minimum Gasteiger partial charge on any atom is -0.342 e. The maximum atomic E-state index is 4.25. The van der Waals surface area contributed by atoms with E-state index in [-0.39, 0.29) is 0 Å². The van der Waals surface area contributed by atoms with Gasteiger partial charge in [-0.3, -0.25) is 4.90 Å². The summed E-state index contributed by atoms with van der Waals surface area (Å²) >= 11 is 3.60. The largest absolute Gasteiger partial charge is 0.342 e. The Hall–Kier alpha value is -0.980. The van der Waals surface area contributed by atoms with Gasteiger partial charge in [-0.15, -0.1) is 21.5 Å². The molecule has 0 unspecified atom stereocenters. The first kappa shape index (κ1) is 12.7. The van der Waals surface area contributed by atoms with Crippen LogP contribution in [0, 0.1) is 6.92 Å². The molecule has 0 bridgehead atoms. The third-order valence-corrected chi connectivity index (χ3v) is 6.15. The van der Waals surface area contributed by atoms with Crippen molar-refractivity contribution in [2.75, 3.05) is 18.0 Å². The van der Waals surface area contributed by atoms with Gasteiger partial charge in [0.05, 0.1) is 0 Å².